The number of furan rings is 1. The Balaban J connectivity index is 1.79. The molecule has 0 aliphatic heterocycles. The summed E-state index contributed by atoms with van der Waals surface area (Å²) in [5.74, 6) is 2.10. The highest BCUT2D eigenvalue weighted by Crippen LogP contribution is 2.29. The number of hydrogen-bond acceptors (Lipinski definition) is 6. The molecule has 2 aromatic heterocycles. The number of benzene rings is 2. The van der Waals surface area contributed by atoms with Gasteiger partial charge in [0.25, 0.3) is 0 Å². The van der Waals surface area contributed by atoms with Gasteiger partial charge in [-0.1, -0.05) is 23.5 Å². The molecule has 8 heteroatoms. The molecule has 6 nitrogen and oxygen atoms in total. The number of aryl methyl sites for hydroxylation is 1. The van der Waals surface area contributed by atoms with Crippen molar-refractivity contribution in [3.05, 3.63) is 53.0 Å². The van der Waals surface area contributed by atoms with E-state index in [0.29, 0.717) is 22.7 Å². The van der Waals surface area contributed by atoms with Crippen molar-refractivity contribution in [1.29, 1.82) is 0 Å². The van der Waals surface area contributed by atoms with Crippen molar-refractivity contribution >= 4 is 50.2 Å². The van der Waals surface area contributed by atoms with Crippen molar-refractivity contribution in [2.75, 3.05) is 25.7 Å². The molecule has 0 fully saturated rings. The quantitative estimate of drug-likeness (QED) is 0.405. The number of thiazole rings is 1. The first kappa shape index (κ1) is 20.6. The van der Waals surface area contributed by atoms with Crippen molar-refractivity contribution in [2.45, 2.75) is 13.5 Å². The van der Waals surface area contributed by atoms with Crippen LogP contribution in [0.1, 0.15) is 17.5 Å². The van der Waals surface area contributed by atoms with Crippen LogP contribution in [0.4, 0.5) is 0 Å². The molecule has 30 heavy (non-hydrogen) atoms. The van der Waals surface area contributed by atoms with Crippen molar-refractivity contribution < 1.29 is 18.7 Å². The Morgan fingerprint density at radius 1 is 1.27 bits per heavy atom. The van der Waals surface area contributed by atoms with Crippen LogP contribution in [0.25, 0.3) is 21.2 Å². The number of thioether (sulfide) groups is 1. The number of fused-ring (bicyclic) bond motifs is 2. The number of rotatable bonds is 7. The summed E-state index contributed by atoms with van der Waals surface area (Å²) in [4.78, 5) is 18.0. The Kier molecular flexibility index (Phi) is 6.15. The van der Waals surface area contributed by atoms with E-state index >= 15 is 0 Å². The third-order valence-corrected chi connectivity index (χ3v) is 6.26. The van der Waals surface area contributed by atoms with Gasteiger partial charge in [0.1, 0.15) is 5.75 Å². The van der Waals surface area contributed by atoms with Crippen molar-refractivity contribution in [3.63, 3.8) is 0 Å². The molecule has 156 valence electrons. The second-order valence-electron chi connectivity index (χ2n) is 6.50. The highest BCUT2D eigenvalue weighted by molar-refractivity contribution is 7.98. The molecule has 0 bridgehead atoms. The van der Waals surface area contributed by atoms with Crippen LogP contribution in [0.2, 0.25) is 0 Å². The number of amides is 1. The van der Waals surface area contributed by atoms with E-state index < -0.39 is 5.91 Å². The summed E-state index contributed by atoms with van der Waals surface area (Å²) in [7, 11) is 1.64. The predicted octanol–water partition coefficient (Wildman–Crippen LogP) is 4.96. The SMILES string of the molecule is CCOc1cccc2cc(C(=O)N=c3sc4cc(OC)ccc4n3CCSC)oc12. The Morgan fingerprint density at radius 2 is 2.13 bits per heavy atom. The Hall–Kier alpha value is -2.71. The normalized spacial score (nSPS) is 12.0. The van der Waals surface area contributed by atoms with Crippen LogP contribution >= 0.6 is 23.1 Å². The summed E-state index contributed by atoms with van der Waals surface area (Å²) >= 11 is 3.21. The molecule has 0 radical (unpaired) electrons. The lowest BCUT2D eigenvalue weighted by atomic mass is 10.2. The number of nitrogens with zero attached hydrogens (tertiary/aromatic N) is 2. The van der Waals surface area contributed by atoms with Crippen LogP contribution in [0.15, 0.2) is 51.9 Å². The van der Waals surface area contributed by atoms with Crippen LogP contribution in [0.3, 0.4) is 0 Å². The molecule has 0 saturated carbocycles. The van der Waals surface area contributed by atoms with E-state index in [0.717, 1.165) is 33.6 Å². The molecule has 4 aromatic rings. The van der Waals surface area contributed by atoms with E-state index in [9.17, 15) is 4.79 Å². The topological polar surface area (TPSA) is 66.0 Å². The molecule has 0 aliphatic carbocycles. The van der Waals surface area contributed by atoms with Gasteiger partial charge < -0.3 is 18.5 Å². The maximum Gasteiger partial charge on any atom is 0.315 e. The Bertz CT molecular complexity index is 1270. The third kappa shape index (κ3) is 3.97. The lowest BCUT2D eigenvalue weighted by Gasteiger charge is -2.04. The molecular formula is C22H22N2O4S2. The zero-order valence-electron chi connectivity index (χ0n) is 17.0. The zero-order chi connectivity index (χ0) is 21.1. The third-order valence-electron chi connectivity index (χ3n) is 4.62. The fourth-order valence-electron chi connectivity index (χ4n) is 3.22. The fraction of sp³-hybridized carbons (Fsp3) is 0.273. The molecule has 0 N–H and O–H groups in total. The number of ether oxygens (including phenoxy) is 2. The average molecular weight is 443 g/mol. The number of carbonyl (C=O) groups is 1. The highest BCUT2D eigenvalue weighted by Gasteiger charge is 2.16. The second-order valence-corrected chi connectivity index (χ2v) is 8.49. The van der Waals surface area contributed by atoms with Gasteiger partial charge in [-0.15, -0.1) is 0 Å². The molecule has 0 aliphatic rings. The van der Waals surface area contributed by atoms with Gasteiger partial charge in [0.15, 0.2) is 21.9 Å². The van der Waals surface area contributed by atoms with Gasteiger partial charge >= 0.3 is 5.91 Å². The molecule has 1 amide bonds. The number of carbonyl (C=O) groups excluding carboxylic acids is 1. The monoisotopic (exact) mass is 442 g/mol. The zero-order valence-corrected chi connectivity index (χ0v) is 18.6. The van der Waals surface area contributed by atoms with Gasteiger partial charge in [0.2, 0.25) is 0 Å². The Labute approximate surface area is 182 Å². The summed E-state index contributed by atoms with van der Waals surface area (Å²) in [6.07, 6.45) is 2.06. The van der Waals surface area contributed by atoms with E-state index in [2.05, 4.69) is 15.8 Å². The van der Waals surface area contributed by atoms with Gasteiger partial charge in [-0.3, -0.25) is 4.79 Å². The summed E-state index contributed by atoms with van der Waals surface area (Å²) in [6, 6.07) is 13.2. The first-order chi connectivity index (χ1) is 14.6. The van der Waals surface area contributed by atoms with E-state index in [4.69, 9.17) is 13.9 Å². The predicted molar refractivity (Wildman–Crippen MR) is 122 cm³/mol. The fourth-order valence-corrected chi connectivity index (χ4v) is 4.67. The molecule has 0 saturated heterocycles. The molecule has 0 unspecified atom stereocenters. The summed E-state index contributed by atoms with van der Waals surface area (Å²) in [5.41, 5.74) is 1.60. The van der Waals surface area contributed by atoms with Crippen molar-refractivity contribution in [2.24, 2.45) is 4.99 Å². The first-order valence-corrected chi connectivity index (χ1v) is 11.8. The molecule has 2 heterocycles. The van der Waals surface area contributed by atoms with Gasteiger partial charge in [-0.25, -0.2) is 0 Å². The van der Waals surface area contributed by atoms with Crippen LogP contribution in [-0.2, 0) is 6.54 Å². The number of aromatic nitrogens is 1. The molecule has 0 atom stereocenters. The number of hydrogen-bond donors (Lipinski definition) is 0. The minimum atomic E-state index is -0.412. The van der Waals surface area contributed by atoms with Crippen LogP contribution < -0.4 is 14.3 Å². The van der Waals surface area contributed by atoms with Gasteiger partial charge in [-0.05, 0) is 43.5 Å². The smallest absolute Gasteiger partial charge is 0.315 e. The maximum absolute atomic E-state index is 12.9. The van der Waals surface area contributed by atoms with Crippen LogP contribution in [0.5, 0.6) is 11.5 Å². The molecule has 2 aromatic carbocycles. The second kappa shape index (κ2) is 8.97. The van der Waals surface area contributed by atoms with Crippen LogP contribution in [-0.4, -0.2) is 36.2 Å². The molecular weight excluding hydrogens is 420 g/mol. The lowest BCUT2D eigenvalue weighted by Crippen LogP contribution is -2.18. The average Bonchev–Trinajstić information content (AvgIpc) is 3.34. The van der Waals surface area contributed by atoms with Crippen molar-refractivity contribution in [1.82, 2.24) is 4.57 Å². The minimum absolute atomic E-state index is 0.198. The minimum Gasteiger partial charge on any atom is -0.497 e. The van der Waals surface area contributed by atoms with Crippen LogP contribution in [0, 0.1) is 0 Å². The van der Waals surface area contributed by atoms with Crippen molar-refractivity contribution in [3.8, 4) is 11.5 Å². The standard InChI is InChI=1S/C22H22N2O4S2/c1-4-27-17-7-5-6-14-12-18(28-20(14)17)21(25)23-22-24(10-11-29-3)16-9-8-15(26-2)13-19(16)30-22/h5-9,12-13H,4,10-11H2,1-3H3. The van der Waals surface area contributed by atoms with E-state index in [1.807, 2.05) is 43.3 Å². The lowest BCUT2D eigenvalue weighted by molar-refractivity contribution is 0.0973. The van der Waals surface area contributed by atoms with Gasteiger partial charge in [0.05, 0.1) is 23.9 Å². The highest BCUT2D eigenvalue weighted by atomic mass is 32.2. The van der Waals surface area contributed by atoms with Gasteiger partial charge in [-0.2, -0.15) is 16.8 Å². The maximum atomic E-state index is 12.9. The van der Waals surface area contributed by atoms with E-state index in [1.54, 1.807) is 24.9 Å². The van der Waals surface area contributed by atoms with Gasteiger partial charge in [0, 0.05) is 17.7 Å². The summed E-state index contributed by atoms with van der Waals surface area (Å²) in [5, 5.41) is 0.816. The molecule has 4 rings (SSSR count). The van der Waals surface area contributed by atoms with E-state index in [1.165, 1.54) is 11.3 Å². The largest absolute Gasteiger partial charge is 0.497 e. The summed E-state index contributed by atoms with van der Waals surface area (Å²) in [6.45, 7) is 3.19. The van der Waals surface area contributed by atoms with E-state index in [-0.39, 0.29) is 5.76 Å². The number of methoxy groups -OCH3 is 1. The number of para-hydroxylation sites is 1. The Morgan fingerprint density at radius 3 is 2.90 bits per heavy atom. The summed E-state index contributed by atoms with van der Waals surface area (Å²) < 4.78 is 19.9. The molecule has 0 spiro atoms. The first-order valence-electron chi connectivity index (χ1n) is 9.55.